The Hall–Kier alpha value is -1.69. The van der Waals surface area contributed by atoms with Crippen molar-refractivity contribution in [3.63, 3.8) is 0 Å². The minimum Gasteiger partial charge on any atom is -0.328 e. The van der Waals surface area contributed by atoms with Gasteiger partial charge in [0.05, 0.1) is 11.4 Å². The summed E-state index contributed by atoms with van der Waals surface area (Å²) >= 11 is 1.48. The Balaban J connectivity index is 1.91. The van der Waals surface area contributed by atoms with Crippen LogP contribution < -0.4 is 5.32 Å². The predicted molar refractivity (Wildman–Crippen MR) is 65.0 cm³/mol. The summed E-state index contributed by atoms with van der Waals surface area (Å²) in [5.74, 6) is 1.05. The average Bonchev–Trinajstić information content (AvgIpc) is 2.75. The van der Waals surface area contributed by atoms with Crippen molar-refractivity contribution in [2.24, 2.45) is 0 Å². The number of rotatable bonds is 1. The number of hydrogen-bond acceptors (Lipinski definition) is 5. The molecule has 1 amide bonds. The number of nitrogens with one attached hydrogen (secondary N) is 1. The van der Waals surface area contributed by atoms with Gasteiger partial charge in [0.25, 0.3) is 0 Å². The normalized spacial score (nSPS) is 22.5. The van der Waals surface area contributed by atoms with Gasteiger partial charge in [0, 0.05) is 17.9 Å². The second-order valence-electron chi connectivity index (χ2n) is 3.89. The lowest BCUT2D eigenvalue weighted by atomic mass is 10.3. The second kappa shape index (κ2) is 3.96. The first-order valence-corrected chi connectivity index (χ1v) is 6.29. The molecule has 1 saturated heterocycles. The molecule has 2 aliphatic rings. The fraction of sp³-hybridized carbons (Fsp3) is 0.273. The van der Waals surface area contributed by atoms with Gasteiger partial charge in [-0.3, -0.25) is 4.79 Å². The first-order chi connectivity index (χ1) is 8.24. The minimum atomic E-state index is -0.382. The molecule has 1 atom stereocenters. The minimum absolute atomic E-state index is 0.116. The third-order valence-corrected chi connectivity index (χ3v) is 3.86. The van der Waals surface area contributed by atoms with Crippen LogP contribution in [0.25, 0.3) is 6.08 Å². The van der Waals surface area contributed by atoms with Crippen molar-refractivity contribution in [3.05, 3.63) is 35.6 Å². The zero-order valence-corrected chi connectivity index (χ0v) is 9.83. The van der Waals surface area contributed by atoms with Crippen LogP contribution >= 0.6 is 11.8 Å². The van der Waals surface area contributed by atoms with E-state index in [2.05, 4.69) is 27.1 Å². The molecule has 1 aromatic rings. The van der Waals surface area contributed by atoms with Gasteiger partial charge in [0.1, 0.15) is 5.25 Å². The van der Waals surface area contributed by atoms with E-state index in [1.54, 1.807) is 0 Å². The Bertz CT molecular complexity index is 540. The zero-order valence-electron chi connectivity index (χ0n) is 9.01. The molecule has 1 aliphatic carbocycles. The van der Waals surface area contributed by atoms with E-state index in [4.69, 9.17) is 0 Å². The maximum absolute atomic E-state index is 11.8. The highest BCUT2D eigenvalue weighted by atomic mass is 32.2. The molecule has 0 spiro atoms. The van der Waals surface area contributed by atoms with Crippen LogP contribution in [0.4, 0.5) is 0 Å². The Labute approximate surface area is 102 Å². The highest BCUT2D eigenvalue weighted by Crippen LogP contribution is 2.31. The van der Waals surface area contributed by atoms with E-state index in [0.29, 0.717) is 11.6 Å². The molecule has 0 bridgehead atoms. The van der Waals surface area contributed by atoms with Crippen molar-refractivity contribution in [3.8, 4) is 0 Å². The van der Waals surface area contributed by atoms with E-state index in [0.717, 1.165) is 23.5 Å². The lowest BCUT2D eigenvalue weighted by Gasteiger charge is -2.21. The molecule has 0 radical (unpaired) electrons. The van der Waals surface area contributed by atoms with Crippen LogP contribution in [0, 0.1) is 0 Å². The molecule has 1 N–H and O–H groups in total. The highest BCUT2D eigenvalue weighted by molar-refractivity contribution is 8.00. The van der Waals surface area contributed by atoms with Crippen molar-refractivity contribution < 1.29 is 4.79 Å². The highest BCUT2D eigenvalue weighted by Gasteiger charge is 2.29. The van der Waals surface area contributed by atoms with Gasteiger partial charge < -0.3 is 5.32 Å². The monoisotopic (exact) mass is 246 g/mol. The van der Waals surface area contributed by atoms with E-state index in [9.17, 15) is 4.79 Å². The summed E-state index contributed by atoms with van der Waals surface area (Å²) in [6.07, 6.45) is 4.68. The van der Waals surface area contributed by atoms with Crippen LogP contribution in [0.3, 0.4) is 0 Å². The molecular formula is C11H10N4OS. The first kappa shape index (κ1) is 10.5. The number of nitrogens with zero attached hydrogens (tertiary/aromatic N) is 3. The molecule has 1 fully saturated rings. The summed E-state index contributed by atoms with van der Waals surface area (Å²) < 4.78 is 0. The SMILES string of the molecule is C=C1CSC(c2nnc3c(n2)C=CC3)C(=O)N1. The molecule has 5 nitrogen and oxygen atoms in total. The van der Waals surface area contributed by atoms with E-state index in [1.807, 2.05) is 12.2 Å². The summed E-state index contributed by atoms with van der Waals surface area (Å²) in [7, 11) is 0. The molecule has 2 heterocycles. The molecule has 0 aromatic carbocycles. The number of thioether (sulfide) groups is 1. The quantitative estimate of drug-likeness (QED) is 0.796. The van der Waals surface area contributed by atoms with Gasteiger partial charge in [0.2, 0.25) is 5.91 Å². The number of carbonyl (C=O) groups excluding carboxylic acids is 1. The van der Waals surface area contributed by atoms with Crippen molar-refractivity contribution in [2.75, 3.05) is 5.75 Å². The van der Waals surface area contributed by atoms with E-state index in [-0.39, 0.29) is 11.2 Å². The molecule has 17 heavy (non-hydrogen) atoms. The van der Waals surface area contributed by atoms with Gasteiger partial charge in [-0.05, 0) is 6.08 Å². The van der Waals surface area contributed by atoms with Crippen LogP contribution in [0.1, 0.15) is 22.5 Å². The van der Waals surface area contributed by atoms with Gasteiger partial charge >= 0.3 is 0 Å². The summed E-state index contributed by atoms with van der Waals surface area (Å²) in [6, 6.07) is 0. The zero-order chi connectivity index (χ0) is 11.8. The Morgan fingerprint density at radius 1 is 1.47 bits per heavy atom. The fourth-order valence-corrected chi connectivity index (χ4v) is 2.67. The van der Waals surface area contributed by atoms with E-state index < -0.39 is 0 Å². The average molecular weight is 246 g/mol. The van der Waals surface area contributed by atoms with E-state index >= 15 is 0 Å². The molecule has 1 aromatic heterocycles. The molecule has 3 rings (SSSR count). The second-order valence-corrected chi connectivity index (χ2v) is 4.99. The van der Waals surface area contributed by atoms with Crippen LogP contribution in [-0.4, -0.2) is 26.8 Å². The number of amides is 1. The maximum Gasteiger partial charge on any atom is 0.245 e. The lowest BCUT2D eigenvalue weighted by molar-refractivity contribution is -0.120. The van der Waals surface area contributed by atoms with Crippen LogP contribution in [0.5, 0.6) is 0 Å². The molecule has 86 valence electrons. The maximum atomic E-state index is 11.8. The Morgan fingerprint density at radius 2 is 2.35 bits per heavy atom. The number of hydrogen-bond donors (Lipinski definition) is 1. The van der Waals surface area contributed by atoms with Crippen molar-refractivity contribution in [1.29, 1.82) is 0 Å². The number of fused-ring (bicyclic) bond motifs is 1. The summed E-state index contributed by atoms with van der Waals surface area (Å²) in [4.78, 5) is 16.2. The fourth-order valence-electron chi connectivity index (χ4n) is 1.77. The molecule has 1 aliphatic heterocycles. The van der Waals surface area contributed by atoms with Gasteiger partial charge in [-0.2, -0.15) is 5.10 Å². The van der Waals surface area contributed by atoms with Gasteiger partial charge in [-0.1, -0.05) is 12.7 Å². The molecular weight excluding hydrogens is 236 g/mol. The molecule has 6 heteroatoms. The van der Waals surface area contributed by atoms with E-state index in [1.165, 1.54) is 11.8 Å². The third kappa shape index (κ3) is 1.84. The van der Waals surface area contributed by atoms with Crippen LogP contribution in [-0.2, 0) is 11.2 Å². The first-order valence-electron chi connectivity index (χ1n) is 5.24. The van der Waals surface area contributed by atoms with Gasteiger partial charge in [-0.15, -0.1) is 16.9 Å². The van der Waals surface area contributed by atoms with Crippen molar-refractivity contribution in [2.45, 2.75) is 11.7 Å². The standard InChI is InChI=1S/C11H10N4OS/c1-6-5-17-9(11(16)12-6)10-13-7-3-2-4-8(7)14-15-10/h2-3,9H,1,4-5H2,(H,12,16). The summed E-state index contributed by atoms with van der Waals surface area (Å²) in [5.41, 5.74) is 2.43. The third-order valence-electron chi connectivity index (χ3n) is 2.59. The Morgan fingerprint density at radius 3 is 3.18 bits per heavy atom. The molecule has 0 saturated carbocycles. The summed E-state index contributed by atoms with van der Waals surface area (Å²) in [5, 5.41) is 10.5. The van der Waals surface area contributed by atoms with Crippen molar-refractivity contribution >= 4 is 23.7 Å². The number of aromatic nitrogens is 3. The number of carbonyl (C=O) groups is 1. The number of allylic oxidation sites excluding steroid dienone is 1. The van der Waals surface area contributed by atoms with Crippen LogP contribution in [0.15, 0.2) is 18.4 Å². The molecule has 1 unspecified atom stereocenters. The largest absolute Gasteiger partial charge is 0.328 e. The summed E-state index contributed by atoms with van der Waals surface area (Å²) in [6.45, 7) is 3.73. The Kier molecular flexibility index (Phi) is 2.44. The predicted octanol–water partition coefficient (Wildman–Crippen LogP) is 0.859. The van der Waals surface area contributed by atoms with Gasteiger partial charge in [-0.25, -0.2) is 4.98 Å². The van der Waals surface area contributed by atoms with Crippen LogP contribution in [0.2, 0.25) is 0 Å². The van der Waals surface area contributed by atoms with Crippen molar-refractivity contribution in [1.82, 2.24) is 20.5 Å². The smallest absolute Gasteiger partial charge is 0.245 e. The topological polar surface area (TPSA) is 67.8 Å². The van der Waals surface area contributed by atoms with Gasteiger partial charge in [0.15, 0.2) is 5.82 Å². The lowest BCUT2D eigenvalue weighted by Crippen LogP contribution is -2.33.